The standard InChI is InChI=1S/C14H18N4O2S/c1-11-15-16-13(21-11)10-17-5-3-6-18(8-7-17)14(19)12-4-2-9-20-12/h2,4,9H,3,5-8,10H2,1H3. The lowest BCUT2D eigenvalue weighted by atomic mass is 10.3. The van der Waals surface area contributed by atoms with Gasteiger partial charge < -0.3 is 9.32 Å². The first kappa shape index (κ1) is 14.2. The smallest absolute Gasteiger partial charge is 0.289 e. The summed E-state index contributed by atoms with van der Waals surface area (Å²) in [6.45, 7) is 6.09. The Morgan fingerprint density at radius 1 is 1.33 bits per heavy atom. The number of nitrogens with zero attached hydrogens (tertiary/aromatic N) is 4. The van der Waals surface area contributed by atoms with Gasteiger partial charge in [0.1, 0.15) is 10.0 Å². The van der Waals surface area contributed by atoms with E-state index in [-0.39, 0.29) is 5.91 Å². The van der Waals surface area contributed by atoms with Crippen molar-refractivity contribution in [3.63, 3.8) is 0 Å². The highest BCUT2D eigenvalue weighted by molar-refractivity contribution is 7.11. The third-order valence-corrected chi connectivity index (χ3v) is 4.36. The molecule has 0 atom stereocenters. The molecule has 0 aromatic carbocycles. The Morgan fingerprint density at radius 2 is 2.24 bits per heavy atom. The zero-order chi connectivity index (χ0) is 14.7. The van der Waals surface area contributed by atoms with Crippen LogP contribution < -0.4 is 0 Å². The molecule has 1 aliphatic rings. The second-order valence-corrected chi connectivity index (χ2v) is 6.38. The summed E-state index contributed by atoms with van der Waals surface area (Å²) in [5.41, 5.74) is 0. The van der Waals surface area contributed by atoms with Gasteiger partial charge in [0.2, 0.25) is 0 Å². The van der Waals surface area contributed by atoms with Crippen molar-refractivity contribution < 1.29 is 9.21 Å². The lowest BCUT2D eigenvalue weighted by Crippen LogP contribution is -2.34. The molecule has 112 valence electrons. The molecule has 1 amide bonds. The molecule has 1 fully saturated rings. The molecule has 2 aromatic heterocycles. The van der Waals surface area contributed by atoms with E-state index in [0.29, 0.717) is 5.76 Å². The van der Waals surface area contributed by atoms with Gasteiger partial charge in [0, 0.05) is 26.2 Å². The van der Waals surface area contributed by atoms with E-state index < -0.39 is 0 Å². The number of furan rings is 1. The predicted molar refractivity (Wildman–Crippen MR) is 79.2 cm³/mol. The van der Waals surface area contributed by atoms with Crippen LogP contribution >= 0.6 is 11.3 Å². The Labute approximate surface area is 127 Å². The van der Waals surface area contributed by atoms with Crippen LogP contribution in [-0.4, -0.2) is 52.1 Å². The molecule has 3 rings (SSSR count). The van der Waals surface area contributed by atoms with Crippen LogP contribution in [0, 0.1) is 6.92 Å². The summed E-state index contributed by atoms with van der Waals surface area (Å²) in [5.74, 6) is 0.400. The van der Waals surface area contributed by atoms with Gasteiger partial charge in [-0.05, 0) is 25.5 Å². The molecule has 3 heterocycles. The minimum atomic E-state index is -0.0198. The molecule has 0 bridgehead atoms. The molecular weight excluding hydrogens is 288 g/mol. The van der Waals surface area contributed by atoms with Crippen LogP contribution in [0.25, 0.3) is 0 Å². The van der Waals surface area contributed by atoms with Crippen LogP contribution in [0.5, 0.6) is 0 Å². The molecule has 0 aliphatic carbocycles. The van der Waals surface area contributed by atoms with E-state index >= 15 is 0 Å². The summed E-state index contributed by atoms with van der Waals surface area (Å²) in [7, 11) is 0. The van der Waals surface area contributed by atoms with E-state index in [0.717, 1.165) is 49.2 Å². The molecule has 21 heavy (non-hydrogen) atoms. The normalized spacial score (nSPS) is 16.9. The van der Waals surface area contributed by atoms with Gasteiger partial charge in [0.05, 0.1) is 12.8 Å². The zero-order valence-electron chi connectivity index (χ0n) is 12.0. The highest BCUT2D eigenvalue weighted by Gasteiger charge is 2.22. The van der Waals surface area contributed by atoms with Crippen LogP contribution in [0.15, 0.2) is 22.8 Å². The van der Waals surface area contributed by atoms with Gasteiger partial charge in [-0.25, -0.2) is 0 Å². The van der Waals surface area contributed by atoms with Crippen LogP contribution in [-0.2, 0) is 6.54 Å². The molecule has 7 heteroatoms. The maximum atomic E-state index is 12.3. The molecule has 2 aromatic rings. The van der Waals surface area contributed by atoms with Crippen molar-refractivity contribution in [2.45, 2.75) is 19.9 Å². The second-order valence-electron chi connectivity index (χ2n) is 5.11. The van der Waals surface area contributed by atoms with Gasteiger partial charge in [0.25, 0.3) is 5.91 Å². The van der Waals surface area contributed by atoms with Crippen molar-refractivity contribution in [2.75, 3.05) is 26.2 Å². The van der Waals surface area contributed by atoms with Gasteiger partial charge in [-0.15, -0.1) is 21.5 Å². The number of hydrogen-bond donors (Lipinski definition) is 0. The summed E-state index contributed by atoms with van der Waals surface area (Å²) in [4.78, 5) is 16.5. The fourth-order valence-corrected chi connectivity index (χ4v) is 3.23. The SMILES string of the molecule is Cc1nnc(CN2CCCN(C(=O)c3ccco3)CC2)s1. The fraction of sp³-hybridized carbons (Fsp3) is 0.500. The fourth-order valence-electron chi connectivity index (χ4n) is 2.48. The van der Waals surface area contributed by atoms with Crippen molar-refractivity contribution in [1.82, 2.24) is 20.0 Å². The summed E-state index contributed by atoms with van der Waals surface area (Å²) in [6.07, 6.45) is 2.50. The number of aromatic nitrogens is 2. The van der Waals surface area contributed by atoms with Gasteiger partial charge >= 0.3 is 0 Å². The Kier molecular flexibility index (Phi) is 4.31. The Hall–Kier alpha value is -1.73. The third-order valence-electron chi connectivity index (χ3n) is 3.53. The Bertz CT molecular complexity index is 596. The lowest BCUT2D eigenvalue weighted by Gasteiger charge is -2.20. The molecule has 0 radical (unpaired) electrons. The second kappa shape index (κ2) is 6.36. The number of aryl methyl sites for hydroxylation is 1. The molecule has 6 nitrogen and oxygen atoms in total. The van der Waals surface area contributed by atoms with Gasteiger partial charge in [-0.1, -0.05) is 0 Å². The molecule has 0 spiro atoms. The summed E-state index contributed by atoms with van der Waals surface area (Å²) in [5, 5.41) is 10.2. The number of amides is 1. The molecule has 1 aliphatic heterocycles. The van der Waals surface area contributed by atoms with Gasteiger partial charge in [0.15, 0.2) is 5.76 Å². The largest absolute Gasteiger partial charge is 0.459 e. The molecule has 1 saturated heterocycles. The van der Waals surface area contributed by atoms with Crippen LogP contribution in [0.3, 0.4) is 0 Å². The number of carbonyl (C=O) groups is 1. The molecule has 0 N–H and O–H groups in total. The van der Waals surface area contributed by atoms with Crippen molar-refractivity contribution in [1.29, 1.82) is 0 Å². The van der Waals surface area contributed by atoms with Crippen molar-refractivity contribution >= 4 is 17.2 Å². The van der Waals surface area contributed by atoms with Crippen molar-refractivity contribution in [3.05, 3.63) is 34.2 Å². The average Bonchev–Trinajstić information content (AvgIpc) is 3.08. The highest BCUT2D eigenvalue weighted by atomic mass is 32.1. The quantitative estimate of drug-likeness (QED) is 0.865. The maximum absolute atomic E-state index is 12.3. The van der Waals surface area contributed by atoms with Gasteiger partial charge in [-0.3, -0.25) is 9.69 Å². The highest BCUT2D eigenvalue weighted by Crippen LogP contribution is 2.14. The number of rotatable bonds is 3. The number of hydrogen-bond acceptors (Lipinski definition) is 6. The Morgan fingerprint density at radius 3 is 2.95 bits per heavy atom. The van der Waals surface area contributed by atoms with Crippen molar-refractivity contribution in [3.8, 4) is 0 Å². The minimum absolute atomic E-state index is 0.0198. The van der Waals surface area contributed by atoms with E-state index in [1.165, 1.54) is 6.26 Å². The Balaban J connectivity index is 1.58. The number of carbonyl (C=O) groups excluding carboxylic acids is 1. The first-order valence-corrected chi connectivity index (χ1v) is 7.88. The summed E-state index contributed by atoms with van der Waals surface area (Å²) in [6, 6.07) is 3.46. The van der Waals surface area contributed by atoms with Crippen LogP contribution in [0.4, 0.5) is 0 Å². The molecule has 0 unspecified atom stereocenters. The topological polar surface area (TPSA) is 62.5 Å². The monoisotopic (exact) mass is 306 g/mol. The summed E-state index contributed by atoms with van der Waals surface area (Å²) < 4.78 is 5.19. The van der Waals surface area contributed by atoms with Crippen LogP contribution in [0.2, 0.25) is 0 Å². The van der Waals surface area contributed by atoms with E-state index in [1.807, 2.05) is 11.8 Å². The zero-order valence-corrected chi connectivity index (χ0v) is 12.8. The minimum Gasteiger partial charge on any atom is -0.459 e. The first-order valence-electron chi connectivity index (χ1n) is 7.06. The maximum Gasteiger partial charge on any atom is 0.289 e. The van der Waals surface area contributed by atoms with Crippen LogP contribution in [0.1, 0.15) is 27.0 Å². The average molecular weight is 306 g/mol. The van der Waals surface area contributed by atoms with E-state index in [1.54, 1.807) is 23.5 Å². The predicted octanol–water partition coefficient (Wildman–Crippen LogP) is 1.79. The van der Waals surface area contributed by atoms with Crippen molar-refractivity contribution in [2.24, 2.45) is 0 Å². The van der Waals surface area contributed by atoms with E-state index in [4.69, 9.17) is 4.42 Å². The molecular formula is C14H18N4O2S. The van der Waals surface area contributed by atoms with E-state index in [2.05, 4.69) is 15.1 Å². The van der Waals surface area contributed by atoms with Gasteiger partial charge in [-0.2, -0.15) is 0 Å². The summed E-state index contributed by atoms with van der Waals surface area (Å²) >= 11 is 1.63. The lowest BCUT2D eigenvalue weighted by molar-refractivity contribution is 0.0729. The first-order chi connectivity index (χ1) is 10.2. The molecule has 0 saturated carbocycles. The third kappa shape index (κ3) is 3.48. The van der Waals surface area contributed by atoms with E-state index in [9.17, 15) is 4.79 Å².